The highest BCUT2D eigenvalue weighted by Crippen LogP contribution is 2.33. The Labute approximate surface area is 143 Å². The summed E-state index contributed by atoms with van der Waals surface area (Å²) in [7, 11) is 1.77. The average Bonchev–Trinajstić information content (AvgIpc) is 3.27. The van der Waals surface area contributed by atoms with Gasteiger partial charge in [-0.25, -0.2) is 4.98 Å². The number of hydrogen-bond donors (Lipinski definition) is 0. The molecule has 1 atom stereocenters. The molecule has 2 aliphatic heterocycles. The highest BCUT2D eigenvalue weighted by molar-refractivity contribution is 7.09. The Bertz CT molecular complexity index is 770. The van der Waals surface area contributed by atoms with Crippen LogP contribution < -0.4 is 0 Å². The Kier molecular flexibility index (Phi) is 3.84. The fourth-order valence-corrected chi connectivity index (χ4v) is 4.17. The van der Waals surface area contributed by atoms with Crippen LogP contribution in [0.3, 0.4) is 0 Å². The van der Waals surface area contributed by atoms with E-state index in [2.05, 4.69) is 10.1 Å². The molecule has 0 N–H and O–H groups in total. The molecule has 0 spiro atoms. The van der Waals surface area contributed by atoms with E-state index in [0.717, 1.165) is 24.3 Å². The van der Waals surface area contributed by atoms with Gasteiger partial charge in [-0.3, -0.25) is 14.3 Å². The molecule has 0 aromatic carbocycles. The summed E-state index contributed by atoms with van der Waals surface area (Å²) in [6.45, 7) is 1.95. The van der Waals surface area contributed by atoms with Crippen LogP contribution in [0.4, 0.5) is 0 Å². The van der Waals surface area contributed by atoms with Crippen molar-refractivity contribution in [2.24, 2.45) is 0 Å². The van der Waals surface area contributed by atoms with E-state index >= 15 is 0 Å². The minimum Gasteiger partial charge on any atom is -0.339 e. The van der Waals surface area contributed by atoms with Crippen LogP contribution in [0.1, 0.15) is 51.3 Å². The number of likely N-dealkylation sites (tertiary alicyclic amines) is 1. The zero-order chi connectivity index (χ0) is 16.7. The zero-order valence-corrected chi connectivity index (χ0v) is 14.3. The molecule has 2 aliphatic rings. The van der Waals surface area contributed by atoms with Gasteiger partial charge in [0.25, 0.3) is 11.8 Å². The van der Waals surface area contributed by atoms with E-state index in [-0.39, 0.29) is 17.9 Å². The van der Waals surface area contributed by atoms with E-state index in [0.29, 0.717) is 31.0 Å². The smallest absolute Gasteiger partial charge is 0.274 e. The molecular weight excluding hydrogens is 326 g/mol. The molecule has 2 amide bonds. The summed E-state index contributed by atoms with van der Waals surface area (Å²) in [5.74, 6) is -0.185. The number of hydrogen-bond acceptors (Lipinski definition) is 5. The number of piperidine rings is 1. The first-order chi connectivity index (χ1) is 11.6. The number of rotatable bonds is 2. The second kappa shape index (κ2) is 6.01. The number of fused-ring (bicyclic) bond motifs is 1. The molecule has 1 saturated heterocycles. The van der Waals surface area contributed by atoms with Crippen LogP contribution >= 0.6 is 11.3 Å². The molecule has 8 heteroatoms. The van der Waals surface area contributed by atoms with Gasteiger partial charge in [0.2, 0.25) is 0 Å². The third-order valence-corrected chi connectivity index (χ3v) is 5.59. The van der Waals surface area contributed by atoms with E-state index in [4.69, 9.17) is 0 Å². The third kappa shape index (κ3) is 2.50. The summed E-state index contributed by atoms with van der Waals surface area (Å²) in [5, 5.41) is 7.30. The number of likely N-dealkylation sites (N-methyl/N-ethyl adjacent to an activating group) is 1. The average molecular weight is 345 g/mol. The van der Waals surface area contributed by atoms with Gasteiger partial charge in [0, 0.05) is 37.8 Å². The fourth-order valence-electron chi connectivity index (χ4n) is 3.38. The maximum Gasteiger partial charge on any atom is 0.274 e. The second-order valence-corrected chi connectivity index (χ2v) is 7.17. The lowest BCUT2D eigenvalue weighted by molar-refractivity contribution is 0.0603. The first-order valence-electron chi connectivity index (χ1n) is 8.19. The number of carbonyl (C=O) groups is 2. The number of amides is 2. The standard InChI is InChI=1S/C16H19N5O2S/c1-19-7-8-21-13(16(19)23)10-11(18-21)15(22)20-6-3-2-4-12(20)14-17-5-9-24-14/h5,9-10,12H,2-4,6-8H2,1H3. The van der Waals surface area contributed by atoms with Gasteiger partial charge in [-0.05, 0) is 19.3 Å². The molecule has 0 bridgehead atoms. The van der Waals surface area contributed by atoms with Gasteiger partial charge < -0.3 is 9.80 Å². The van der Waals surface area contributed by atoms with Crippen molar-refractivity contribution in [2.75, 3.05) is 20.1 Å². The van der Waals surface area contributed by atoms with E-state index in [1.165, 1.54) is 0 Å². The molecule has 0 radical (unpaired) electrons. The minimum absolute atomic E-state index is 0.0170. The largest absolute Gasteiger partial charge is 0.339 e. The van der Waals surface area contributed by atoms with Gasteiger partial charge in [-0.1, -0.05) is 0 Å². The summed E-state index contributed by atoms with van der Waals surface area (Å²) < 4.78 is 1.65. The monoisotopic (exact) mass is 345 g/mol. The Balaban J connectivity index is 1.63. The van der Waals surface area contributed by atoms with Crippen LogP contribution in [-0.4, -0.2) is 56.5 Å². The quantitative estimate of drug-likeness (QED) is 0.832. The van der Waals surface area contributed by atoms with Gasteiger partial charge in [-0.15, -0.1) is 11.3 Å². The van der Waals surface area contributed by atoms with Crippen molar-refractivity contribution in [3.05, 3.63) is 34.0 Å². The highest BCUT2D eigenvalue weighted by atomic mass is 32.1. The molecular formula is C16H19N5O2S. The molecule has 1 fully saturated rings. The van der Waals surface area contributed by atoms with Gasteiger partial charge in [0.15, 0.2) is 5.69 Å². The number of nitrogens with zero attached hydrogens (tertiary/aromatic N) is 5. The highest BCUT2D eigenvalue weighted by Gasteiger charge is 2.33. The van der Waals surface area contributed by atoms with Gasteiger partial charge in [0.1, 0.15) is 10.7 Å². The Morgan fingerprint density at radius 3 is 2.96 bits per heavy atom. The summed E-state index contributed by atoms with van der Waals surface area (Å²) in [5.41, 5.74) is 0.854. The predicted molar refractivity (Wildman–Crippen MR) is 88.9 cm³/mol. The van der Waals surface area contributed by atoms with E-state index in [1.54, 1.807) is 40.2 Å². The third-order valence-electron chi connectivity index (χ3n) is 4.71. The molecule has 24 heavy (non-hydrogen) atoms. The summed E-state index contributed by atoms with van der Waals surface area (Å²) in [6, 6.07) is 1.65. The van der Waals surface area contributed by atoms with Crippen LogP contribution in [0.15, 0.2) is 17.6 Å². The van der Waals surface area contributed by atoms with E-state index in [9.17, 15) is 9.59 Å². The van der Waals surface area contributed by atoms with E-state index in [1.807, 2.05) is 10.3 Å². The topological polar surface area (TPSA) is 71.3 Å². The lowest BCUT2D eigenvalue weighted by atomic mass is 10.0. The van der Waals surface area contributed by atoms with Gasteiger partial charge in [-0.2, -0.15) is 5.10 Å². The molecule has 1 unspecified atom stereocenters. The Morgan fingerprint density at radius 1 is 1.29 bits per heavy atom. The molecule has 126 valence electrons. The molecule has 0 saturated carbocycles. The van der Waals surface area contributed by atoms with Crippen molar-refractivity contribution < 1.29 is 9.59 Å². The molecule has 4 heterocycles. The molecule has 2 aromatic rings. The molecule has 4 rings (SSSR count). The Hall–Kier alpha value is -2.22. The van der Waals surface area contributed by atoms with Crippen molar-refractivity contribution in [1.82, 2.24) is 24.6 Å². The van der Waals surface area contributed by atoms with Crippen molar-refractivity contribution >= 4 is 23.2 Å². The van der Waals surface area contributed by atoms with Crippen molar-refractivity contribution in [3.8, 4) is 0 Å². The number of thiazole rings is 1. The maximum atomic E-state index is 13.0. The predicted octanol–water partition coefficient (Wildman–Crippen LogP) is 1.79. The van der Waals surface area contributed by atoms with Crippen LogP contribution in [-0.2, 0) is 6.54 Å². The number of carbonyl (C=O) groups excluding carboxylic acids is 2. The summed E-state index contributed by atoms with van der Waals surface area (Å²) in [4.78, 5) is 33.1. The van der Waals surface area contributed by atoms with E-state index < -0.39 is 0 Å². The first kappa shape index (κ1) is 15.3. The van der Waals surface area contributed by atoms with Gasteiger partial charge >= 0.3 is 0 Å². The zero-order valence-electron chi connectivity index (χ0n) is 13.5. The summed E-state index contributed by atoms with van der Waals surface area (Å²) >= 11 is 1.58. The normalized spacial score (nSPS) is 21.0. The molecule has 7 nitrogen and oxygen atoms in total. The second-order valence-electron chi connectivity index (χ2n) is 6.25. The first-order valence-corrected chi connectivity index (χ1v) is 9.07. The fraction of sp³-hybridized carbons (Fsp3) is 0.500. The number of aromatic nitrogens is 3. The van der Waals surface area contributed by atoms with Crippen molar-refractivity contribution in [3.63, 3.8) is 0 Å². The minimum atomic E-state index is -0.104. The lowest BCUT2D eigenvalue weighted by Crippen LogP contribution is -2.38. The van der Waals surface area contributed by atoms with Crippen LogP contribution in [0, 0.1) is 0 Å². The van der Waals surface area contributed by atoms with Crippen molar-refractivity contribution in [2.45, 2.75) is 31.8 Å². The lowest BCUT2D eigenvalue weighted by Gasteiger charge is -2.34. The van der Waals surface area contributed by atoms with Gasteiger partial charge in [0.05, 0.1) is 12.6 Å². The maximum absolute atomic E-state index is 13.0. The molecule has 2 aromatic heterocycles. The van der Waals surface area contributed by atoms with Crippen molar-refractivity contribution in [1.29, 1.82) is 0 Å². The SMILES string of the molecule is CN1CCn2nc(C(=O)N3CCCCC3c3nccs3)cc2C1=O. The molecule has 0 aliphatic carbocycles. The van der Waals surface area contributed by atoms with Crippen LogP contribution in [0.25, 0.3) is 0 Å². The Morgan fingerprint density at radius 2 is 2.17 bits per heavy atom. The van der Waals surface area contributed by atoms with Crippen LogP contribution in [0.2, 0.25) is 0 Å². The van der Waals surface area contributed by atoms with Crippen LogP contribution in [0.5, 0.6) is 0 Å². The summed E-state index contributed by atoms with van der Waals surface area (Å²) in [6.07, 6.45) is 4.79.